The van der Waals surface area contributed by atoms with Crippen molar-refractivity contribution in [2.75, 3.05) is 47.3 Å². The van der Waals surface area contributed by atoms with Crippen molar-refractivity contribution in [2.45, 2.75) is 6.04 Å². The van der Waals surface area contributed by atoms with E-state index in [1.165, 1.54) is 0 Å². The van der Waals surface area contributed by atoms with E-state index >= 15 is 0 Å². The molecule has 0 radical (unpaired) electrons. The molecule has 5 heteroatoms. The van der Waals surface area contributed by atoms with Gasteiger partial charge in [0.1, 0.15) is 5.75 Å². The molecular formula is C14H23NO4. The van der Waals surface area contributed by atoms with E-state index in [1.54, 1.807) is 14.2 Å². The summed E-state index contributed by atoms with van der Waals surface area (Å²) in [5, 5.41) is 0. The van der Waals surface area contributed by atoms with E-state index in [4.69, 9.17) is 24.7 Å². The summed E-state index contributed by atoms with van der Waals surface area (Å²) in [6, 6.07) is 7.53. The molecule has 0 saturated carbocycles. The first-order valence-corrected chi connectivity index (χ1v) is 6.32. The molecule has 0 aliphatic heterocycles. The highest BCUT2D eigenvalue weighted by Crippen LogP contribution is 2.17. The Labute approximate surface area is 114 Å². The van der Waals surface area contributed by atoms with E-state index in [9.17, 15) is 0 Å². The minimum absolute atomic E-state index is 0.158. The maximum absolute atomic E-state index is 6.04. The van der Waals surface area contributed by atoms with Gasteiger partial charge in [0.05, 0.1) is 46.2 Å². The van der Waals surface area contributed by atoms with Crippen LogP contribution in [0.5, 0.6) is 5.75 Å². The van der Waals surface area contributed by atoms with Crippen molar-refractivity contribution in [1.82, 2.24) is 0 Å². The lowest BCUT2D eigenvalue weighted by Crippen LogP contribution is -2.19. The zero-order valence-electron chi connectivity index (χ0n) is 11.6. The zero-order chi connectivity index (χ0) is 13.9. The first kappa shape index (κ1) is 15.9. The Morgan fingerprint density at radius 3 is 2.53 bits per heavy atom. The third kappa shape index (κ3) is 6.54. The average molecular weight is 269 g/mol. The number of hydrogen-bond acceptors (Lipinski definition) is 5. The van der Waals surface area contributed by atoms with Crippen LogP contribution in [0.4, 0.5) is 0 Å². The van der Waals surface area contributed by atoms with E-state index in [1.807, 2.05) is 24.3 Å². The molecule has 1 rings (SSSR count). The smallest absolute Gasteiger partial charge is 0.119 e. The molecule has 1 aromatic rings. The molecule has 0 amide bonds. The van der Waals surface area contributed by atoms with E-state index in [-0.39, 0.29) is 6.04 Å². The lowest BCUT2D eigenvalue weighted by atomic mass is 10.1. The Morgan fingerprint density at radius 2 is 1.79 bits per heavy atom. The van der Waals surface area contributed by atoms with Gasteiger partial charge in [0.25, 0.3) is 0 Å². The van der Waals surface area contributed by atoms with Crippen LogP contribution in [0.25, 0.3) is 0 Å². The van der Waals surface area contributed by atoms with Crippen molar-refractivity contribution in [1.29, 1.82) is 0 Å². The van der Waals surface area contributed by atoms with Gasteiger partial charge in [-0.2, -0.15) is 0 Å². The molecule has 0 aromatic heterocycles. The largest absolute Gasteiger partial charge is 0.497 e. The third-order valence-electron chi connectivity index (χ3n) is 2.62. The van der Waals surface area contributed by atoms with Gasteiger partial charge in [0.2, 0.25) is 0 Å². The standard InChI is InChI=1S/C14H23NO4/c1-16-6-7-18-8-9-19-11-14(15)12-4-3-5-13(10-12)17-2/h3-5,10,14H,6-9,11,15H2,1-2H3. The van der Waals surface area contributed by atoms with Crippen LogP contribution in [0.3, 0.4) is 0 Å². The summed E-state index contributed by atoms with van der Waals surface area (Å²) in [6.45, 7) is 2.72. The van der Waals surface area contributed by atoms with Crippen LogP contribution in [0.15, 0.2) is 24.3 Å². The molecule has 0 spiro atoms. The summed E-state index contributed by atoms with van der Waals surface area (Å²) < 4.78 is 20.8. The molecule has 108 valence electrons. The van der Waals surface area contributed by atoms with Crippen LogP contribution >= 0.6 is 0 Å². The molecule has 0 saturated heterocycles. The molecule has 1 unspecified atom stereocenters. The van der Waals surface area contributed by atoms with E-state index in [0.717, 1.165) is 11.3 Å². The second-order valence-electron chi connectivity index (χ2n) is 4.06. The summed E-state index contributed by atoms with van der Waals surface area (Å²) in [5.41, 5.74) is 7.04. The van der Waals surface area contributed by atoms with Crippen LogP contribution in [0, 0.1) is 0 Å². The van der Waals surface area contributed by atoms with Crippen molar-refractivity contribution in [3.05, 3.63) is 29.8 Å². The Kier molecular flexibility index (Phi) is 8.16. The molecule has 0 fully saturated rings. The molecule has 1 atom stereocenters. The molecule has 0 bridgehead atoms. The monoisotopic (exact) mass is 269 g/mol. The van der Waals surface area contributed by atoms with Crippen molar-refractivity contribution in [2.24, 2.45) is 5.73 Å². The highest BCUT2D eigenvalue weighted by molar-refractivity contribution is 5.30. The number of nitrogens with two attached hydrogens (primary N) is 1. The summed E-state index contributed by atoms with van der Waals surface area (Å²) in [7, 11) is 3.28. The first-order valence-electron chi connectivity index (χ1n) is 6.32. The van der Waals surface area contributed by atoms with Crippen molar-refractivity contribution in [3.8, 4) is 5.75 Å². The number of rotatable bonds is 10. The number of benzene rings is 1. The molecule has 19 heavy (non-hydrogen) atoms. The van der Waals surface area contributed by atoms with Crippen molar-refractivity contribution >= 4 is 0 Å². The van der Waals surface area contributed by atoms with Gasteiger partial charge < -0.3 is 24.7 Å². The Bertz CT molecular complexity index is 346. The van der Waals surface area contributed by atoms with Gasteiger partial charge in [-0.1, -0.05) is 12.1 Å². The average Bonchev–Trinajstić information content (AvgIpc) is 2.46. The maximum Gasteiger partial charge on any atom is 0.119 e. The summed E-state index contributed by atoms with van der Waals surface area (Å²) in [5.74, 6) is 0.802. The second-order valence-corrected chi connectivity index (χ2v) is 4.06. The van der Waals surface area contributed by atoms with E-state index in [0.29, 0.717) is 33.0 Å². The molecular weight excluding hydrogens is 246 g/mol. The third-order valence-corrected chi connectivity index (χ3v) is 2.62. The molecule has 5 nitrogen and oxygen atoms in total. The normalized spacial score (nSPS) is 12.4. The fourth-order valence-electron chi connectivity index (χ4n) is 1.54. The van der Waals surface area contributed by atoms with Gasteiger partial charge in [0.15, 0.2) is 0 Å². The number of methoxy groups -OCH3 is 2. The molecule has 0 aliphatic carbocycles. The highest BCUT2D eigenvalue weighted by Gasteiger charge is 2.06. The lowest BCUT2D eigenvalue weighted by Gasteiger charge is -2.13. The van der Waals surface area contributed by atoms with Gasteiger partial charge in [-0.25, -0.2) is 0 Å². The van der Waals surface area contributed by atoms with Crippen LogP contribution < -0.4 is 10.5 Å². The fraction of sp³-hybridized carbons (Fsp3) is 0.571. The van der Waals surface area contributed by atoms with Gasteiger partial charge in [-0.15, -0.1) is 0 Å². The van der Waals surface area contributed by atoms with Crippen LogP contribution in [0.2, 0.25) is 0 Å². The topological polar surface area (TPSA) is 62.9 Å². The number of ether oxygens (including phenoxy) is 4. The Balaban J connectivity index is 2.18. The minimum Gasteiger partial charge on any atom is -0.497 e. The van der Waals surface area contributed by atoms with Crippen LogP contribution in [-0.2, 0) is 14.2 Å². The van der Waals surface area contributed by atoms with Crippen molar-refractivity contribution < 1.29 is 18.9 Å². The summed E-state index contributed by atoms with van der Waals surface area (Å²) in [6.07, 6.45) is 0. The fourth-order valence-corrected chi connectivity index (χ4v) is 1.54. The van der Waals surface area contributed by atoms with Gasteiger partial charge in [-0.05, 0) is 17.7 Å². The molecule has 0 heterocycles. The molecule has 1 aromatic carbocycles. The summed E-state index contributed by atoms with van der Waals surface area (Å²) >= 11 is 0. The minimum atomic E-state index is -0.158. The van der Waals surface area contributed by atoms with Crippen LogP contribution in [-0.4, -0.2) is 47.3 Å². The van der Waals surface area contributed by atoms with Gasteiger partial charge >= 0.3 is 0 Å². The van der Waals surface area contributed by atoms with E-state index < -0.39 is 0 Å². The number of hydrogen-bond donors (Lipinski definition) is 1. The molecule has 2 N–H and O–H groups in total. The first-order chi connectivity index (χ1) is 9.27. The van der Waals surface area contributed by atoms with Gasteiger partial charge in [-0.3, -0.25) is 0 Å². The Morgan fingerprint density at radius 1 is 1.05 bits per heavy atom. The van der Waals surface area contributed by atoms with Crippen LogP contribution in [0.1, 0.15) is 11.6 Å². The predicted octanol–water partition coefficient (Wildman–Crippen LogP) is 1.37. The van der Waals surface area contributed by atoms with E-state index in [2.05, 4.69) is 0 Å². The quantitative estimate of drug-likeness (QED) is 0.650. The molecule has 0 aliphatic rings. The van der Waals surface area contributed by atoms with Gasteiger partial charge in [0, 0.05) is 7.11 Å². The lowest BCUT2D eigenvalue weighted by molar-refractivity contribution is 0.0216. The SMILES string of the molecule is COCCOCCOCC(N)c1cccc(OC)c1. The Hall–Kier alpha value is -1.14. The van der Waals surface area contributed by atoms with Crippen molar-refractivity contribution in [3.63, 3.8) is 0 Å². The summed E-state index contributed by atoms with van der Waals surface area (Å²) in [4.78, 5) is 0. The zero-order valence-corrected chi connectivity index (χ0v) is 11.6. The maximum atomic E-state index is 6.04. The second kappa shape index (κ2) is 9.75. The predicted molar refractivity (Wildman–Crippen MR) is 73.4 cm³/mol. The highest BCUT2D eigenvalue weighted by atomic mass is 16.5.